The van der Waals surface area contributed by atoms with E-state index in [1.165, 1.54) is 35.3 Å². The van der Waals surface area contributed by atoms with Gasteiger partial charge in [-0.1, -0.05) is 57.0 Å². The number of allylic oxidation sites excluding steroid dienone is 1. The minimum atomic E-state index is 0.0749. The van der Waals surface area contributed by atoms with Crippen molar-refractivity contribution in [3.05, 3.63) is 59.2 Å². The molecule has 0 heterocycles. The summed E-state index contributed by atoms with van der Waals surface area (Å²) in [5.74, 6) is 0.932. The highest BCUT2D eigenvalue weighted by Gasteiger charge is 2.26. The zero-order chi connectivity index (χ0) is 23.6. The molecule has 2 aromatic rings. The molecular formula is C29H44N2O. The summed E-state index contributed by atoms with van der Waals surface area (Å²) in [5, 5.41) is 3.69. The van der Waals surface area contributed by atoms with Crippen LogP contribution >= 0.6 is 0 Å². The number of benzene rings is 2. The standard InChI is InChI=1S/C29H44N2O/c1-8-12-20-30-27-18-15-23(5)21-26(27)29(6,9-2)19-13-14-24-16-17-25(22-28(24)32-7)31(10-3)11-4/h13-18,21-22,30H,8-12,19-20H2,1-7H3/b14-13+. The molecule has 0 aliphatic carbocycles. The first kappa shape index (κ1) is 25.8. The van der Waals surface area contributed by atoms with Gasteiger partial charge in [-0.15, -0.1) is 0 Å². The fraction of sp³-hybridized carbons (Fsp3) is 0.517. The van der Waals surface area contributed by atoms with Crippen LogP contribution in [0.3, 0.4) is 0 Å². The fourth-order valence-electron chi connectivity index (χ4n) is 4.23. The molecule has 2 rings (SSSR count). The molecular weight excluding hydrogens is 392 g/mol. The van der Waals surface area contributed by atoms with Crippen LogP contribution in [-0.2, 0) is 5.41 Å². The van der Waals surface area contributed by atoms with Crippen molar-refractivity contribution in [2.75, 3.05) is 37.0 Å². The van der Waals surface area contributed by atoms with E-state index in [0.717, 1.165) is 43.8 Å². The number of hydrogen-bond acceptors (Lipinski definition) is 3. The Kier molecular flexibility index (Phi) is 10.2. The first-order chi connectivity index (χ1) is 15.4. The van der Waals surface area contributed by atoms with Gasteiger partial charge in [-0.25, -0.2) is 0 Å². The largest absolute Gasteiger partial charge is 0.496 e. The maximum atomic E-state index is 5.72. The third-order valence-corrected chi connectivity index (χ3v) is 6.66. The number of nitrogens with one attached hydrogen (secondary N) is 1. The van der Waals surface area contributed by atoms with E-state index < -0.39 is 0 Å². The molecule has 32 heavy (non-hydrogen) atoms. The van der Waals surface area contributed by atoms with Gasteiger partial charge in [0.25, 0.3) is 0 Å². The Hall–Kier alpha value is -2.42. The number of hydrogen-bond donors (Lipinski definition) is 1. The van der Waals surface area contributed by atoms with Gasteiger partial charge < -0.3 is 15.0 Å². The SMILES string of the molecule is CCCCNc1ccc(C)cc1C(C)(CC)C/C=C/c1ccc(N(CC)CC)cc1OC. The zero-order valence-electron chi connectivity index (χ0n) is 21.4. The molecule has 0 aliphatic heterocycles. The summed E-state index contributed by atoms with van der Waals surface area (Å²) < 4.78 is 5.72. The molecule has 0 amide bonds. The van der Waals surface area contributed by atoms with Crippen LogP contribution in [0.2, 0.25) is 0 Å². The molecule has 0 bridgehead atoms. The second-order valence-electron chi connectivity index (χ2n) is 8.95. The molecule has 1 atom stereocenters. The monoisotopic (exact) mass is 436 g/mol. The smallest absolute Gasteiger partial charge is 0.128 e. The van der Waals surface area contributed by atoms with Gasteiger partial charge in [0.05, 0.1) is 7.11 Å². The average Bonchev–Trinajstić information content (AvgIpc) is 2.81. The summed E-state index contributed by atoms with van der Waals surface area (Å²) in [6.07, 6.45) is 9.00. The molecule has 0 saturated heterocycles. The topological polar surface area (TPSA) is 24.5 Å². The highest BCUT2D eigenvalue weighted by atomic mass is 16.5. The molecule has 0 fully saturated rings. The van der Waals surface area contributed by atoms with E-state index in [0.29, 0.717) is 0 Å². The van der Waals surface area contributed by atoms with Gasteiger partial charge in [-0.2, -0.15) is 0 Å². The number of anilines is 2. The van der Waals surface area contributed by atoms with Crippen molar-refractivity contribution in [3.63, 3.8) is 0 Å². The van der Waals surface area contributed by atoms with E-state index >= 15 is 0 Å². The Balaban J connectivity index is 2.27. The summed E-state index contributed by atoms with van der Waals surface area (Å²) in [6.45, 7) is 16.5. The van der Waals surface area contributed by atoms with E-state index in [1.54, 1.807) is 7.11 Å². The van der Waals surface area contributed by atoms with Crippen LogP contribution in [0, 0.1) is 6.92 Å². The molecule has 0 aliphatic rings. The number of methoxy groups -OCH3 is 1. The Morgan fingerprint density at radius 3 is 2.41 bits per heavy atom. The number of unbranched alkanes of at least 4 members (excludes halogenated alkanes) is 1. The molecule has 176 valence electrons. The van der Waals surface area contributed by atoms with Gasteiger partial charge in [-0.05, 0) is 69.2 Å². The maximum absolute atomic E-state index is 5.72. The van der Waals surface area contributed by atoms with Crippen molar-refractivity contribution in [1.82, 2.24) is 0 Å². The summed E-state index contributed by atoms with van der Waals surface area (Å²) >= 11 is 0. The summed E-state index contributed by atoms with van der Waals surface area (Å²) in [5.41, 5.74) is 6.44. The van der Waals surface area contributed by atoms with Crippen LogP contribution in [0.4, 0.5) is 11.4 Å². The molecule has 0 radical (unpaired) electrons. The molecule has 0 aromatic heterocycles. The molecule has 3 nitrogen and oxygen atoms in total. The Morgan fingerprint density at radius 1 is 1.03 bits per heavy atom. The second kappa shape index (κ2) is 12.6. The predicted molar refractivity (Wildman–Crippen MR) is 142 cm³/mol. The fourth-order valence-corrected chi connectivity index (χ4v) is 4.23. The molecule has 1 N–H and O–H groups in total. The van der Waals surface area contributed by atoms with E-state index in [1.807, 2.05) is 0 Å². The minimum Gasteiger partial charge on any atom is -0.496 e. The van der Waals surface area contributed by atoms with E-state index in [4.69, 9.17) is 4.74 Å². The molecule has 2 aromatic carbocycles. The summed E-state index contributed by atoms with van der Waals surface area (Å²) in [7, 11) is 1.76. The maximum Gasteiger partial charge on any atom is 0.128 e. The van der Waals surface area contributed by atoms with Gasteiger partial charge in [-0.3, -0.25) is 0 Å². The quantitative estimate of drug-likeness (QED) is 0.324. The molecule has 3 heteroatoms. The first-order valence-electron chi connectivity index (χ1n) is 12.4. The van der Waals surface area contributed by atoms with E-state index in [-0.39, 0.29) is 5.41 Å². The lowest BCUT2D eigenvalue weighted by Crippen LogP contribution is -2.22. The summed E-state index contributed by atoms with van der Waals surface area (Å²) in [6, 6.07) is 13.4. The first-order valence-corrected chi connectivity index (χ1v) is 12.4. The highest BCUT2D eigenvalue weighted by molar-refractivity contribution is 5.64. The Labute approximate surface area is 196 Å². The van der Waals surface area contributed by atoms with Crippen LogP contribution in [0.25, 0.3) is 6.08 Å². The molecule has 0 spiro atoms. The van der Waals surface area contributed by atoms with Crippen molar-refractivity contribution in [1.29, 1.82) is 0 Å². The van der Waals surface area contributed by atoms with Crippen molar-refractivity contribution in [3.8, 4) is 5.75 Å². The van der Waals surface area contributed by atoms with Crippen LogP contribution in [-0.4, -0.2) is 26.7 Å². The summed E-state index contributed by atoms with van der Waals surface area (Å²) in [4.78, 5) is 2.34. The Morgan fingerprint density at radius 2 is 1.78 bits per heavy atom. The average molecular weight is 437 g/mol. The number of ether oxygens (including phenoxy) is 1. The predicted octanol–water partition coefficient (Wildman–Crippen LogP) is 7.83. The lowest BCUT2D eigenvalue weighted by atomic mass is 9.75. The van der Waals surface area contributed by atoms with Crippen LogP contribution in [0.5, 0.6) is 5.75 Å². The van der Waals surface area contributed by atoms with Crippen LogP contribution in [0.15, 0.2) is 42.5 Å². The van der Waals surface area contributed by atoms with Crippen LogP contribution < -0.4 is 15.0 Å². The third-order valence-electron chi connectivity index (χ3n) is 6.66. The van der Waals surface area contributed by atoms with Gasteiger partial charge in [0.2, 0.25) is 0 Å². The minimum absolute atomic E-state index is 0.0749. The van der Waals surface area contributed by atoms with Gasteiger partial charge in [0.1, 0.15) is 5.75 Å². The van der Waals surface area contributed by atoms with Crippen molar-refractivity contribution in [2.24, 2.45) is 0 Å². The lowest BCUT2D eigenvalue weighted by Gasteiger charge is -2.31. The number of nitrogens with zero attached hydrogens (tertiary/aromatic N) is 1. The normalized spacial score (nSPS) is 13.2. The number of rotatable bonds is 13. The van der Waals surface area contributed by atoms with E-state index in [2.05, 4.69) is 100 Å². The van der Waals surface area contributed by atoms with E-state index in [9.17, 15) is 0 Å². The van der Waals surface area contributed by atoms with Crippen LogP contribution in [0.1, 0.15) is 77.0 Å². The van der Waals surface area contributed by atoms with Crippen molar-refractivity contribution < 1.29 is 4.74 Å². The van der Waals surface area contributed by atoms with Gasteiger partial charge in [0, 0.05) is 42.6 Å². The lowest BCUT2D eigenvalue weighted by molar-refractivity contribution is 0.413. The highest BCUT2D eigenvalue weighted by Crippen LogP contribution is 2.38. The molecule has 0 saturated carbocycles. The van der Waals surface area contributed by atoms with Crippen molar-refractivity contribution in [2.45, 2.75) is 72.6 Å². The van der Waals surface area contributed by atoms with Crippen molar-refractivity contribution >= 4 is 17.5 Å². The Bertz CT molecular complexity index is 869. The zero-order valence-corrected chi connectivity index (χ0v) is 21.4. The van der Waals surface area contributed by atoms with Gasteiger partial charge in [0.15, 0.2) is 0 Å². The third kappa shape index (κ3) is 6.54. The number of aryl methyl sites for hydroxylation is 1. The second-order valence-corrected chi connectivity index (χ2v) is 8.95. The molecule has 1 unspecified atom stereocenters. The van der Waals surface area contributed by atoms with Gasteiger partial charge >= 0.3 is 0 Å².